The fraction of sp³-hybridized carbons (Fsp3) is 0.435. The Labute approximate surface area is 168 Å². The molecule has 6 rings (SSSR count). The molecule has 0 N–H and O–H groups in total. The number of benzene rings is 2. The van der Waals surface area contributed by atoms with E-state index in [0.29, 0.717) is 23.4 Å². The SMILES string of the molecule is O=C(OCc1ccccc1)N1C2CC3CC(c4ccccc4)(C2)CC1C3Br. The van der Waals surface area contributed by atoms with Gasteiger partial charge in [0.1, 0.15) is 6.61 Å². The van der Waals surface area contributed by atoms with Gasteiger partial charge in [-0.2, -0.15) is 0 Å². The van der Waals surface area contributed by atoms with Gasteiger partial charge in [0, 0.05) is 16.9 Å². The van der Waals surface area contributed by atoms with E-state index in [4.69, 9.17) is 4.74 Å². The molecule has 0 aromatic heterocycles. The van der Waals surface area contributed by atoms with Crippen molar-refractivity contribution in [3.63, 3.8) is 0 Å². The molecule has 4 fully saturated rings. The second-order valence-corrected chi connectivity index (χ2v) is 9.42. The normalized spacial score (nSPS) is 33.9. The molecule has 4 aliphatic rings. The third kappa shape index (κ3) is 2.89. The molecule has 2 aromatic rings. The molecule has 2 saturated carbocycles. The zero-order chi connectivity index (χ0) is 18.4. The number of piperidine rings is 2. The van der Waals surface area contributed by atoms with Gasteiger partial charge in [0.2, 0.25) is 0 Å². The summed E-state index contributed by atoms with van der Waals surface area (Å²) in [6, 6.07) is 21.4. The van der Waals surface area contributed by atoms with Gasteiger partial charge in [-0.1, -0.05) is 76.6 Å². The molecule has 2 aliphatic carbocycles. The lowest BCUT2D eigenvalue weighted by molar-refractivity contribution is -0.0614. The lowest BCUT2D eigenvalue weighted by atomic mass is 9.53. The highest BCUT2D eigenvalue weighted by Gasteiger charge is 2.60. The minimum Gasteiger partial charge on any atom is -0.445 e. The van der Waals surface area contributed by atoms with Crippen LogP contribution >= 0.6 is 15.9 Å². The topological polar surface area (TPSA) is 29.5 Å². The van der Waals surface area contributed by atoms with Gasteiger partial charge < -0.3 is 9.64 Å². The number of halogens is 1. The number of hydrogen-bond acceptors (Lipinski definition) is 2. The van der Waals surface area contributed by atoms with Crippen molar-refractivity contribution in [1.82, 2.24) is 4.90 Å². The molecule has 2 aliphatic heterocycles. The Balaban J connectivity index is 1.37. The van der Waals surface area contributed by atoms with Gasteiger partial charge in [0.05, 0.1) is 0 Å². The number of ether oxygens (including phenoxy) is 1. The van der Waals surface area contributed by atoms with Crippen molar-refractivity contribution >= 4 is 22.0 Å². The molecular formula is C23H24BrNO2. The molecule has 2 aromatic carbocycles. The molecule has 4 heteroatoms. The number of rotatable bonds is 3. The maximum Gasteiger partial charge on any atom is 0.410 e. The summed E-state index contributed by atoms with van der Waals surface area (Å²) in [6.45, 7) is 0.343. The lowest BCUT2D eigenvalue weighted by Gasteiger charge is -2.63. The van der Waals surface area contributed by atoms with Crippen LogP contribution < -0.4 is 0 Å². The standard InChI is InChI=1S/C23H24BrNO2/c24-21-17-11-19-13-23(12-17,18-9-5-2-6-10-18)14-20(21)25(19)22(26)27-15-16-7-3-1-4-8-16/h1-10,17,19-21H,11-15H2. The molecule has 140 valence electrons. The van der Waals surface area contributed by atoms with E-state index >= 15 is 0 Å². The largest absolute Gasteiger partial charge is 0.445 e. The Morgan fingerprint density at radius 3 is 2.48 bits per heavy atom. The maximum atomic E-state index is 13.0. The summed E-state index contributed by atoms with van der Waals surface area (Å²) in [5, 5.41) is 0. The van der Waals surface area contributed by atoms with Crippen LogP contribution in [0.2, 0.25) is 0 Å². The van der Waals surface area contributed by atoms with Gasteiger partial charge >= 0.3 is 6.09 Å². The predicted octanol–water partition coefficient (Wildman–Crippen LogP) is 5.28. The highest BCUT2D eigenvalue weighted by molar-refractivity contribution is 9.09. The molecule has 5 atom stereocenters. The van der Waals surface area contributed by atoms with Crippen LogP contribution in [0.5, 0.6) is 0 Å². The van der Waals surface area contributed by atoms with E-state index in [1.165, 1.54) is 12.0 Å². The van der Waals surface area contributed by atoms with Crippen molar-refractivity contribution in [3.8, 4) is 0 Å². The van der Waals surface area contributed by atoms with E-state index in [-0.39, 0.29) is 17.6 Å². The molecule has 0 spiro atoms. The first-order valence-corrected chi connectivity index (χ1v) is 10.8. The van der Waals surface area contributed by atoms with Gasteiger partial charge in [0.15, 0.2) is 0 Å². The number of alkyl halides is 1. The summed E-state index contributed by atoms with van der Waals surface area (Å²) >= 11 is 3.93. The average Bonchev–Trinajstić information content (AvgIpc) is 2.71. The second kappa shape index (κ2) is 6.66. The van der Waals surface area contributed by atoms with Crippen LogP contribution in [0.3, 0.4) is 0 Å². The first-order chi connectivity index (χ1) is 13.2. The summed E-state index contributed by atoms with van der Waals surface area (Å²) in [5.41, 5.74) is 2.70. The van der Waals surface area contributed by atoms with E-state index in [1.807, 2.05) is 30.3 Å². The van der Waals surface area contributed by atoms with Crippen molar-refractivity contribution < 1.29 is 9.53 Å². The van der Waals surface area contributed by atoms with Crippen molar-refractivity contribution in [3.05, 3.63) is 71.8 Å². The Hall–Kier alpha value is -1.81. The Morgan fingerprint density at radius 2 is 1.74 bits per heavy atom. The summed E-state index contributed by atoms with van der Waals surface area (Å²) in [5.74, 6) is 0.640. The van der Waals surface area contributed by atoms with Crippen LogP contribution in [-0.4, -0.2) is 27.9 Å². The van der Waals surface area contributed by atoms with Crippen molar-refractivity contribution in [2.45, 2.75) is 54.6 Å². The van der Waals surface area contributed by atoms with Crippen LogP contribution in [0, 0.1) is 5.92 Å². The monoisotopic (exact) mass is 425 g/mol. The third-order valence-corrected chi connectivity index (χ3v) is 8.18. The van der Waals surface area contributed by atoms with Gasteiger partial charge in [-0.15, -0.1) is 0 Å². The van der Waals surface area contributed by atoms with Gasteiger partial charge in [-0.3, -0.25) is 0 Å². The minimum absolute atomic E-state index is 0.152. The molecular weight excluding hydrogens is 402 g/mol. The quantitative estimate of drug-likeness (QED) is 0.625. The van der Waals surface area contributed by atoms with Gasteiger partial charge in [0.25, 0.3) is 0 Å². The molecule has 5 unspecified atom stereocenters. The first-order valence-electron chi connectivity index (χ1n) is 9.85. The number of nitrogens with zero attached hydrogens (tertiary/aromatic N) is 1. The molecule has 4 bridgehead atoms. The van der Waals surface area contributed by atoms with Crippen molar-refractivity contribution in [2.75, 3.05) is 0 Å². The van der Waals surface area contributed by atoms with Crippen molar-refractivity contribution in [2.24, 2.45) is 5.92 Å². The highest BCUT2D eigenvalue weighted by atomic mass is 79.9. The second-order valence-electron chi connectivity index (χ2n) is 8.37. The minimum atomic E-state index is -0.152. The van der Waals surface area contributed by atoms with E-state index in [1.54, 1.807) is 0 Å². The lowest BCUT2D eigenvalue weighted by Crippen LogP contribution is -2.68. The van der Waals surface area contributed by atoms with Gasteiger partial charge in [-0.05, 0) is 48.1 Å². The maximum absolute atomic E-state index is 13.0. The summed E-state index contributed by atoms with van der Waals surface area (Å²) in [4.78, 5) is 15.4. The van der Waals surface area contributed by atoms with Crippen LogP contribution in [-0.2, 0) is 16.8 Å². The highest BCUT2D eigenvalue weighted by Crippen LogP contribution is 2.58. The summed E-state index contributed by atoms with van der Waals surface area (Å²) < 4.78 is 5.71. The van der Waals surface area contributed by atoms with Gasteiger partial charge in [-0.25, -0.2) is 4.79 Å². The van der Waals surface area contributed by atoms with Crippen LogP contribution in [0.4, 0.5) is 4.79 Å². The smallest absolute Gasteiger partial charge is 0.410 e. The molecule has 1 amide bonds. The summed E-state index contributed by atoms with van der Waals surface area (Å²) in [7, 11) is 0. The molecule has 2 saturated heterocycles. The zero-order valence-electron chi connectivity index (χ0n) is 15.3. The molecule has 2 heterocycles. The summed E-state index contributed by atoms with van der Waals surface area (Å²) in [6.07, 6.45) is 4.25. The molecule has 3 nitrogen and oxygen atoms in total. The third-order valence-electron chi connectivity index (χ3n) is 6.82. The predicted molar refractivity (Wildman–Crippen MR) is 109 cm³/mol. The van der Waals surface area contributed by atoms with Crippen LogP contribution in [0.25, 0.3) is 0 Å². The number of carbonyl (C=O) groups excluding carboxylic acids is 1. The van der Waals surface area contributed by atoms with E-state index < -0.39 is 0 Å². The van der Waals surface area contributed by atoms with E-state index in [2.05, 4.69) is 51.2 Å². The zero-order valence-corrected chi connectivity index (χ0v) is 16.8. The number of hydrogen-bond donors (Lipinski definition) is 0. The van der Waals surface area contributed by atoms with E-state index in [9.17, 15) is 4.79 Å². The number of carbonyl (C=O) groups is 1. The van der Waals surface area contributed by atoms with Crippen LogP contribution in [0.1, 0.15) is 36.8 Å². The van der Waals surface area contributed by atoms with Crippen molar-refractivity contribution in [1.29, 1.82) is 0 Å². The first kappa shape index (κ1) is 17.3. The molecule has 0 radical (unpaired) electrons. The Morgan fingerprint density at radius 1 is 1.04 bits per heavy atom. The van der Waals surface area contributed by atoms with E-state index in [0.717, 1.165) is 24.8 Å². The Kier molecular flexibility index (Phi) is 4.27. The number of amides is 1. The molecule has 27 heavy (non-hydrogen) atoms. The Bertz CT molecular complexity index is 827. The fourth-order valence-electron chi connectivity index (χ4n) is 5.75. The average molecular weight is 426 g/mol. The fourth-order valence-corrected chi connectivity index (χ4v) is 6.59. The van der Waals surface area contributed by atoms with Crippen LogP contribution in [0.15, 0.2) is 60.7 Å².